The minimum Gasteiger partial charge on any atom is -0.448 e. The average Bonchev–Trinajstić information content (AvgIpc) is 3.14. The third-order valence-corrected chi connectivity index (χ3v) is 3.54. The van der Waals surface area contributed by atoms with Crippen LogP contribution in [0.4, 0.5) is 4.79 Å². The van der Waals surface area contributed by atoms with E-state index in [0.29, 0.717) is 6.54 Å². The van der Waals surface area contributed by atoms with Crippen LogP contribution in [-0.4, -0.2) is 25.2 Å². The molecule has 102 valence electrons. The summed E-state index contributed by atoms with van der Waals surface area (Å²) in [7, 11) is 0. The summed E-state index contributed by atoms with van der Waals surface area (Å²) in [5.41, 5.74) is 5.98. The molecule has 3 N–H and O–H groups in total. The van der Waals surface area contributed by atoms with Crippen molar-refractivity contribution in [1.82, 2.24) is 5.32 Å². The Morgan fingerprint density at radius 3 is 2.95 bits per heavy atom. The highest BCUT2D eigenvalue weighted by molar-refractivity contribution is 9.10. The molecule has 1 fully saturated rings. The smallest absolute Gasteiger partial charge is 0.404 e. The molecule has 1 aromatic rings. The second-order valence-electron chi connectivity index (χ2n) is 4.46. The zero-order valence-electron chi connectivity index (χ0n) is 10.3. The number of benzene rings is 1. The van der Waals surface area contributed by atoms with Crippen LogP contribution < -0.4 is 11.1 Å². The molecule has 2 atom stereocenters. The topological polar surface area (TPSA) is 81.4 Å². The molecule has 0 bridgehead atoms. The van der Waals surface area contributed by atoms with Gasteiger partial charge in [0.2, 0.25) is 5.91 Å². The molecule has 19 heavy (non-hydrogen) atoms. The van der Waals surface area contributed by atoms with Gasteiger partial charge in [-0.15, -0.1) is 0 Å². The van der Waals surface area contributed by atoms with Crippen LogP contribution in [-0.2, 0) is 9.53 Å². The van der Waals surface area contributed by atoms with Crippen molar-refractivity contribution in [2.45, 2.75) is 12.3 Å². The average molecular weight is 327 g/mol. The first-order valence-corrected chi connectivity index (χ1v) is 6.82. The Balaban J connectivity index is 1.76. The van der Waals surface area contributed by atoms with E-state index in [2.05, 4.69) is 26.0 Å². The van der Waals surface area contributed by atoms with Crippen LogP contribution in [0.15, 0.2) is 28.7 Å². The van der Waals surface area contributed by atoms with Crippen molar-refractivity contribution < 1.29 is 14.3 Å². The Kier molecular flexibility index (Phi) is 4.42. The molecule has 1 saturated carbocycles. The number of halogens is 1. The molecular weight excluding hydrogens is 312 g/mol. The number of nitrogens with one attached hydrogen (secondary N) is 1. The number of carbonyl (C=O) groups is 2. The number of ether oxygens (including phenoxy) is 1. The van der Waals surface area contributed by atoms with Gasteiger partial charge in [0.1, 0.15) is 6.61 Å². The van der Waals surface area contributed by atoms with Gasteiger partial charge in [0.05, 0.1) is 6.54 Å². The third-order valence-electron chi connectivity index (χ3n) is 3.05. The van der Waals surface area contributed by atoms with Gasteiger partial charge in [0.15, 0.2) is 0 Å². The summed E-state index contributed by atoms with van der Waals surface area (Å²) in [6, 6.07) is 7.99. The van der Waals surface area contributed by atoms with Crippen LogP contribution in [0, 0.1) is 5.92 Å². The molecule has 0 radical (unpaired) electrons. The van der Waals surface area contributed by atoms with Gasteiger partial charge >= 0.3 is 6.09 Å². The number of hydrogen-bond acceptors (Lipinski definition) is 3. The highest BCUT2D eigenvalue weighted by Gasteiger charge is 2.43. The first-order valence-electron chi connectivity index (χ1n) is 6.03. The van der Waals surface area contributed by atoms with Gasteiger partial charge in [-0.05, 0) is 30.0 Å². The lowest BCUT2D eigenvalue weighted by Gasteiger charge is -2.05. The van der Waals surface area contributed by atoms with Crippen molar-refractivity contribution >= 4 is 27.9 Å². The number of primary amides is 1. The fourth-order valence-corrected chi connectivity index (χ4v) is 2.46. The quantitative estimate of drug-likeness (QED) is 0.809. The van der Waals surface area contributed by atoms with Gasteiger partial charge in [-0.1, -0.05) is 28.1 Å². The molecular formula is C13H15BrN2O3. The molecule has 5 nitrogen and oxygen atoms in total. The van der Waals surface area contributed by atoms with Crippen LogP contribution in [0.1, 0.15) is 17.9 Å². The van der Waals surface area contributed by atoms with Crippen LogP contribution >= 0.6 is 15.9 Å². The molecule has 1 aromatic carbocycles. The lowest BCUT2D eigenvalue weighted by atomic mass is 10.1. The standard InChI is InChI=1S/C13H15BrN2O3/c14-9-3-1-2-8(6-9)10-7-11(10)12(17)16-4-5-19-13(15)18/h1-3,6,10-11H,4-5,7H2,(H2,15,18)(H,16,17)/t10-,11+/m0/s1. The zero-order chi connectivity index (χ0) is 13.8. The molecule has 0 unspecified atom stereocenters. The minimum absolute atomic E-state index is 0.00181. The van der Waals surface area contributed by atoms with E-state index in [1.807, 2.05) is 24.3 Å². The van der Waals surface area contributed by atoms with Gasteiger partial charge in [0, 0.05) is 10.4 Å². The lowest BCUT2D eigenvalue weighted by Crippen LogP contribution is -2.30. The molecule has 2 amide bonds. The Morgan fingerprint density at radius 2 is 2.26 bits per heavy atom. The maximum Gasteiger partial charge on any atom is 0.404 e. The molecule has 1 aliphatic carbocycles. The second kappa shape index (κ2) is 6.06. The number of hydrogen-bond donors (Lipinski definition) is 2. The van der Waals surface area contributed by atoms with Crippen molar-refractivity contribution in [1.29, 1.82) is 0 Å². The second-order valence-corrected chi connectivity index (χ2v) is 5.38. The van der Waals surface area contributed by atoms with E-state index < -0.39 is 6.09 Å². The van der Waals surface area contributed by atoms with E-state index in [1.54, 1.807) is 0 Å². The highest BCUT2D eigenvalue weighted by atomic mass is 79.9. The maximum atomic E-state index is 11.8. The molecule has 0 heterocycles. The van der Waals surface area contributed by atoms with Gasteiger partial charge in [-0.3, -0.25) is 4.79 Å². The summed E-state index contributed by atoms with van der Waals surface area (Å²) >= 11 is 3.42. The van der Waals surface area contributed by atoms with Crippen LogP contribution in [0.5, 0.6) is 0 Å². The molecule has 2 rings (SSSR count). The van der Waals surface area contributed by atoms with Crippen molar-refractivity contribution in [3.05, 3.63) is 34.3 Å². The first kappa shape index (κ1) is 13.9. The van der Waals surface area contributed by atoms with Crippen LogP contribution in [0.2, 0.25) is 0 Å². The van der Waals surface area contributed by atoms with Gasteiger partial charge < -0.3 is 15.8 Å². The van der Waals surface area contributed by atoms with E-state index >= 15 is 0 Å². The Bertz CT molecular complexity index is 493. The van der Waals surface area contributed by atoms with Crippen molar-refractivity contribution in [2.75, 3.05) is 13.2 Å². The van der Waals surface area contributed by atoms with E-state index in [-0.39, 0.29) is 24.3 Å². The van der Waals surface area contributed by atoms with Gasteiger partial charge in [0.25, 0.3) is 0 Å². The molecule has 0 saturated heterocycles. The normalized spacial score (nSPS) is 20.7. The minimum atomic E-state index is -0.826. The SMILES string of the molecule is NC(=O)OCCNC(=O)[C@@H]1C[C@H]1c1cccc(Br)c1. The van der Waals surface area contributed by atoms with E-state index in [9.17, 15) is 9.59 Å². The van der Waals surface area contributed by atoms with E-state index in [1.165, 1.54) is 5.56 Å². The lowest BCUT2D eigenvalue weighted by molar-refractivity contribution is -0.122. The summed E-state index contributed by atoms with van der Waals surface area (Å²) in [5.74, 6) is 0.301. The summed E-state index contributed by atoms with van der Waals surface area (Å²) in [6.07, 6.45) is 0.0339. The van der Waals surface area contributed by atoms with Crippen LogP contribution in [0.3, 0.4) is 0 Å². The zero-order valence-corrected chi connectivity index (χ0v) is 11.9. The molecule has 6 heteroatoms. The largest absolute Gasteiger partial charge is 0.448 e. The summed E-state index contributed by atoms with van der Waals surface area (Å²) < 4.78 is 5.56. The van der Waals surface area contributed by atoms with Gasteiger partial charge in [-0.25, -0.2) is 4.79 Å². The predicted molar refractivity (Wildman–Crippen MR) is 73.5 cm³/mol. The predicted octanol–water partition coefficient (Wildman–Crippen LogP) is 1.76. The van der Waals surface area contributed by atoms with Crippen molar-refractivity contribution in [3.8, 4) is 0 Å². The fraction of sp³-hybridized carbons (Fsp3) is 0.385. The van der Waals surface area contributed by atoms with E-state index in [4.69, 9.17) is 5.73 Å². The number of carbonyl (C=O) groups excluding carboxylic acids is 2. The summed E-state index contributed by atoms with van der Waals surface area (Å²) in [5, 5.41) is 2.73. The van der Waals surface area contributed by atoms with Crippen molar-refractivity contribution in [2.24, 2.45) is 11.7 Å². The third kappa shape index (κ3) is 3.96. The number of nitrogens with two attached hydrogens (primary N) is 1. The Hall–Kier alpha value is -1.56. The van der Waals surface area contributed by atoms with E-state index in [0.717, 1.165) is 10.9 Å². The van der Waals surface area contributed by atoms with Crippen LogP contribution in [0.25, 0.3) is 0 Å². The molecule has 0 spiro atoms. The summed E-state index contributed by atoms with van der Waals surface area (Å²) in [6.45, 7) is 0.402. The first-order chi connectivity index (χ1) is 9.08. The summed E-state index contributed by atoms with van der Waals surface area (Å²) in [4.78, 5) is 22.2. The molecule has 0 aromatic heterocycles. The Morgan fingerprint density at radius 1 is 1.47 bits per heavy atom. The maximum absolute atomic E-state index is 11.8. The Labute approximate surface area is 119 Å². The monoisotopic (exact) mass is 326 g/mol. The highest BCUT2D eigenvalue weighted by Crippen LogP contribution is 2.47. The fourth-order valence-electron chi connectivity index (χ4n) is 2.05. The number of rotatable bonds is 5. The van der Waals surface area contributed by atoms with Crippen molar-refractivity contribution in [3.63, 3.8) is 0 Å². The molecule has 1 aliphatic rings. The molecule has 0 aliphatic heterocycles. The number of amides is 2. The van der Waals surface area contributed by atoms with Gasteiger partial charge in [-0.2, -0.15) is 0 Å².